The van der Waals surface area contributed by atoms with Crippen LogP contribution in [0.25, 0.3) is 0 Å². The molecule has 11 nitrogen and oxygen atoms in total. The Morgan fingerprint density at radius 3 is 2.21 bits per heavy atom. The van der Waals surface area contributed by atoms with Crippen molar-refractivity contribution in [3.05, 3.63) is 29.8 Å². The summed E-state index contributed by atoms with van der Waals surface area (Å²) < 4.78 is 0. The van der Waals surface area contributed by atoms with E-state index in [4.69, 9.17) is 4.84 Å². The van der Waals surface area contributed by atoms with Crippen LogP contribution >= 0.6 is 0 Å². The van der Waals surface area contributed by atoms with Crippen LogP contribution in [0.2, 0.25) is 0 Å². The number of phenolic OH excluding ortho intramolecular Hbond substituents is 1. The van der Waals surface area contributed by atoms with E-state index in [0.29, 0.717) is 18.4 Å². The average molecular weight is 480 g/mol. The smallest absolute Gasteiger partial charge is 0.326 e. The van der Waals surface area contributed by atoms with Gasteiger partial charge in [-0.05, 0) is 43.9 Å². The van der Waals surface area contributed by atoms with Crippen molar-refractivity contribution < 1.29 is 39.3 Å². The molecule has 2 amide bonds. The number of hydrogen-bond donors (Lipinski definition) is 6. The number of benzene rings is 1. The van der Waals surface area contributed by atoms with Crippen LogP contribution in [0.1, 0.15) is 44.6 Å². The van der Waals surface area contributed by atoms with Crippen LogP contribution in [0.5, 0.6) is 5.75 Å². The molecule has 0 heterocycles. The molecule has 0 radical (unpaired) electrons. The van der Waals surface area contributed by atoms with E-state index in [2.05, 4.69) is 16.1 Å². The fraction of sp³-hybridized carbons (Fsp3) is 0.565. The molecular weight excluding hydrogens is 446 g/mol. The third kappa shape index (κ3) is 7.42. The lowest BCUT2D eigenvalue weighted by Crippen LogP contribution is -2.50. The zero-order chi connectivity index (χ0) is 25.3. The Bertz CT molecular complexity index is 867. The highest BCUT2D eigenvalue weighted by Gasteiger charge is 2.45. The van der Waals surface area contributed by atoms with Gasteiger partial charge < -0.3 is 30.8 Å². The first kappa shape index (κ1) is 27.1. The lowest BCUT2D eigenvalue weighted by molar-refractivity contribution is -0.147. The predicted molar refractivity (Wildman–Crippen MR) is 121 cm³/mol. The maximum absolute atomic E-state index is 13.3. The highest BCUT2D eigenvalue weighted by Crippen LogP contribution is 2.43. The fourth-order valence-corrected chi connectivity index (χ4v) is 4.28. The van der Waals surface area contributed by atoms with Crippen molar-refractivity contribution in [3.63, 3.8) is 0 Å². The number of carbonyl (C=O) groups is 4. The van der Waals surface area contributed by atoms with Gasteiger partial charge >= 0.3 is 11.9 Å². The first-order valence-corrected chi connectivity index (χ1v) is 11.2. The number of carboxylic acid groups (broad SMARTS) is 2. The van der Waals surface area contributed by atoms with Crippen molar-refractivity contribution in [2.24, 2.45) is 11.3 Å². The van der Waals surface area contributed by atoms with Crippen LogP contribution < -0.4 is 16.1 Å². The Balaban J connectivity index is 2.11. The molecule has 1 saturated carbocycles. The Hall–Kier alpha value is -3.18. The first-order chi connectivity index (χ1) is 16.1. The number of carbonyl (C=O) groups excluding carboxylic acids is 2. The average Bonchev–Trinajstić information content (AvgIpc) is 3.27. The molecule has 1 aliphatic carbocycles. The van der Waals surface area contributed by atoms with Gasteiger partial charge in [0, 0.05) is 13.0 Å². The van der Waals surface area contributed by atoms with Gasteiger partial charge in [-0.3, -0.25) is 14.4 Å². The van der Waals surface area contributed by atoms with E-state index in [1.807, 2.05) is 0 Å². The number of aromatic hydroxyl groups is 1. The van der Waals surface area contributed by atoms with Gasteiger partial charge in [0.05, 0.1) is 18.4 Å². The largest absolute Gasteiger partial charge is 0.508 e. The van der Waals surface area contributed by atoms with Crippen LogP contribution in [0.3, 0.4) is 0 Å². The summed E-state index contributed by atoms with van der Waals surface area (Å²) in [5.41, 5.74) is 2.05. The number of phenols is 1. The second kappa shape index (κ2) is 12.3. The number of aliphatic carboxylic acids is 2. The molecule has 0 spiro atoms. The standard InChI is InChI=1S/C23H33N3O8/c1-14(26-34-2)19(28)24-13-16(20(29)30)12-23(9-3-4-10-23)22(33)25-18(21(31)32)11-15-5-7-17(27)8-6-15/h5-8,14,16,18,26-27H,3-4,9-13H2,1-2H3,(H,24,28)(H,25,33)(H,29,30)(H,31,32)/t14-,16-,18-/m0/s1. The van der Waals surface area contributed by atoms with Gasteiger partial charge in [0.2, 0.25) is 11.8 Å². The van der Waals surface area contributed by atoms with Crippen LogP contribution in [0.15, 0.2) is 24.3 Å². The van der Waals surface area contributed by atoms with Crippen LogP contribution in [-0.2, 0) is 30.4 Å². The zero-order valence-corrected chi connectivity index (χ0v) is 19.4. The van der Waals surface area contributed by atoms with Gasteiger partial charge in [-0.15, -0.1) is 0 Å². The number of hydrogen-bond acceptors (Lipinski definition) is 7. The van der Waals surface area contributed by atoms with Gasteiger partial charge in [-0.1, -0.05) is 25.0 Å². The molecule has 1 fully saturated rings. The summed E-state index contributed by atoms with van der Waals surface area (Å²) in [6.07, 6.45) is 2.30. The number of carboxylic acids is 2. The summed E-state index contributed by atoms with van der Waals surface area (Å²) in [4.78, 5) is 53.9. The van der Waals surface area contributed by atoms with Gasteiger partial charge in [0.1, 0.15) is 17.8 Å². The van der Waals surface area contributed by atoms with Gasteiger partial charge in [0.15, 0.2) is 0 Å². The summed E-state index contributed by atoms with van der Waals surface area (Å²) in [6.45, 7) is 1.38. The molecule has 188 valence electrons. The summed E-state index contributed by atoms with van der Waals surface area (Å²) >= 11 is 0. The second-order valence-electron chi connectivity index (χ2n) is 8.75. The minimum absolute atomic E-state index is 0.0141. The molecule has 34 heavy (non-hydrogen) atoms. The van der Waals surface area contributed by atoms with E-state index >= 15 is 0 Å². The summed E-state index contributed by atoms with van der Waals surface area (Å²) in [6, 6.07) is 4.11. The van der Waals surface area contributed by atoms with Crippen molar-refractivity contribution in [2.75, 3.05) is 13.7 Å². The quantitative estimate of drug-likeness (QED) is 0.224. The van der Waals surface area contributed by atoms with Gasteiger partial charge in [-0.2, -0.15) is 5.48 Å². The number of nitrogens with one attached hydrogen (secondary N) is 3. The number of rotatable bonds is 13. The van der Waals surface area contributed by atoms with E-state index < -0.39 is 47.2 Å². The molecule has 3 atom stereocenters. The topological polar surface area (TPSA) is 174 Å². The fourth-order valence-electron chi connectivity index (χ4n) is 4.28. The SMILES string of the molecule is CON[C@@H](C)C(=O)NC[C@H](CC1(C(=O)N[C@@H](Cc2ccc(O)cc2)C(=O)O)CCCC1)C(=O)O. The molecule has 0 aromatic heterocycles. The Morgan fingerprint density at radius 1 is 1.06 bits per heavy atom. The van der Waals surface area contributed by atoms with Crippen molar-refractivity contribution in [3.8, 4) is 5.75 Å². The normalized spacial score (nSPS) is 17.4. The molecule has 0 unspecified atom stereocenters. The molecular formula is C23H33N3O8. The van der Waals surface area contributed by atoms with Gasteiger partial charge in [0.25, 0.3) is 0 Å². The minimum Gasteiger partial charge on any atom is -0.508 e. The molecule has 2 rings (SSSR count). The second-order valence-corrected chi connectivity index (χ2v) is 8.75. The Kier molecular flexibility index (Phi) is 9.82. The highest BCUT2D eigenvalue weighted by molar-refractivity contribution is 5.88. The van der Waals surface area contributed by atoms with E-state index in [-0.39, 0.29) is 25.1 Å². The summed E-state index contributed by atoms with van der Waals surface area (Å²) in [5.74, 6) is -4.28. The molecule has 0 saturated heterocycles. The number of amides is 2. The van der Waals surface area contributed by atoms with Crippen LogP contribution in [-0.4, -0.2) is 64.8 Å². The molecule has 1 aromatic rings. The molecule has 0 aliphatic heterocycles. The summed E-state index contributed by atoms with van der Waals surface area (Å²) in [7, 11) is 1.36. The minimum atomic E-state index is -1.21. The lowest BCUT2D eigenvalue weighted by Gasteiger charge is -2.32. The molecule has 1 aliphatic rings. The third-order valence-electron chi connectivity index (χ3n) is 6.22. The van der Waals surface area contributed by atoms with Crippen molar-refractivity contribution >= 4 is 23.8 Å². The maximum atomic E-state index is 13.3. The molecule has 11 heteroatoms. The third-order valence-corrected chi connectivity index (χ3v) is 6.22. The predicted octanol–water partition coefficient (Wildman–Crippen LogP) is 0.811. The van der Waals surface area contributed by atoms with E-state index in [0.717, 1.165) is 12.8 Å². The van der Waals surface area contributed by atoms with Crippen LogP contribution in [0, 0.1) is 11.3 Å². The lowest BCUT2D eigenvalue weighted by atomic mass is 9.76. The van der Waals surface area contributed by atoms with Gasteiger partial charge in [-0.25, -0.2) is 4.79 Å². The Morgan fingerprint density at radius 2 is 1.68 bits per heavy atom. The first-order valence-electron chi connectivity index (χ1n) is 11.2. The molecule has 1 aromatic carbocycles. The van der Waals surface area contributed by atoms with Crippen molar-refractivity contribution in [2.45, 2.75) is 57.5 Å². The maximum Gasteiger partial charge on any atom is 0.326 e. The van der Waals surface area contributed by atoms with E-state index in [1.54, 1.807) is 19.1 Å². The highest BCUT2D eigenvalue weighted by atomic mass is 16.6. The van der Waals surface area contributed by atoms with Crippen molar-refractivity contribution in [1.29, 1.82) is 0 Å². The van der Waals surface area contributed by atoms with E-state index in [1.165, 1.54) is 19.2 Å². The molecule has 0 bridgehead atoms. The molecule has 6 N–H and O–H groups in total. The van der Waals surface area contributed by atoms with E-state index in [9.17, 15) is 34.5 Å². The monoisotopic (exact) mass is 479 g/mol. The summed E-state index contributed by atoms with van der Waals surface area (Å²) in [5, 5.41) is 34.0. The van der Waals surface area contributed by atoms with Crippen LogP contribution in [0.4, 0.5) is 0 Å². The Labute approximate surface area is 197 Å². The zero-order valence-electron chi connectivity index (χ0n) is 19.4. The number of hydroxylamine groups is 1. The van der Waals surface area contributed by atoms with Crippen molar-refractivity contribution in [1.82, 2.24) is 16.1 Å².